The minimum Gasteiger partial charge on any atom is -0.351 e. The fraction of sp³-hybridized carbons (Fsp3) is 0.400. The molecule has 0 saturated heterocycles. The molecular formula is C15H22N2O. The molecule has 0 spiro atoms. The van der Waals surface area contributed by atoms with E-state index in [1.54, 1.807) is 6.08 Å². The molecule has 0 fully saturated rings. The van der Waals surface area contributed by atoms with Gasteiger partial charge in [-0.15, -0.1) is 6.58 Å². The highest BCUT2D eigenvalue weighted by molar-refractivity contribution is 5.81. The van der Waals surface area contributed by atoms with Gasteiger partial charge in [0, 0.05) is 12.6 Å². The average molecular weight is 246 g/mol. The topological polar surface area (TPSA) is 41.1 Å². The van der Waals surface area contributed by atoms with Gasteiger partial charge in [-0.05, 0) is 31.9 Å². The van der Waals surface area contributed by atoms with Crippen LogP contribution in [-0.4, -0.2) is 18.5 Å². The molecule has 0 aliphatic carbocycles. The molecule has 0 bridgehead atoms. The Morgan fingerprint density at radius 2 is 2.06 bits per heavy atom. The van der Waals surface area contributed by atoms with Gasteiger partial charge < -0.3 is 5.32 Å². The zero-order chi connectivity index (χ0) is 13.5. The van der Waals surface area contributed by atoms with Gasteiger partial charge in [0.25, 0.3) is 0 Å². The number of hydrogen-bond donors (Lipinski definition) is 2. The van der Waals surface area contributed by atoms with Crippen LogP contribution in [0, 0.1) is 6.92 Å². The van der Waals surface area contributed by atoms with Crippen molar-refractivity contribution in [2.24, 2.45) is 0 Å². The SMILES string of the molecule is C=CCNC(=O)C(C)NC(C)c1ccccc1C. The first kappa shape index (κ1) is 14.5. The van der Waals surface area contributed by atoms with E-state index < -0.39 is 0 Å². The van der Waals surface area contributed by atoms with E-state index in [1.165, 1.54) is 11.1 Å². The molecule has 2 N–H and O–H groups in total. The molecule has 1 rings (SSSR count). The molecule has 0 heterocycles. The van der Waals surface area contributed by atoms with Crippen LogP contribution >= 0.6 is 0 Å². The highest BCUT2D eigenvalue weighted by atomic mass is 16.2. The van der Waals surface area contributed by atoms with Gasteiger partial charge in [0.15, 0.2) is 0 Å². The predicted molar refractivity (Wildman–Crippen MR) is 75.4 cm³/mol. The van der Waals surface area contributed by atoms with Crippen molar-refractivity contribution < 1.29 is 4.79 Å². The van der Waals surface area contributed by atoms with Crippen LogP contribution in [0.5, 0.6) is 0 Å². The largest absolute Gasteiger partial charge is 0.351 e. The summed E-state index contributed by atoms with van der Waals surface area (Å²) in [6, 6.07) is 8.13. The van der Waals surface area contributed by atoms with E-state index in [0.29, 0.717) is 6.54 Å². The molecule has 0 radical (unpaired) electrons. The van der Waals surface area contributed by atoms with Gasteiger partial charge in [-0.2, -0.15) is 0 Å². The Kier molecular flexibility index (Phi) is 5.59. The summed E-state index contributed by atoms with van der Waals surface area (Å²) in [6.45, 7) is 10.1. The zero-order valence-corrected chi connectivity index (χ0v) is 11.4. The summed E-state index contributed by atoms with van der Waals surface area (Å²) in [5.74, 6) is -0.00432. The lowest BCUT2D eigenvalue weighted by Gasteiger charge is -2.21. The molecule has 0 aliphatic rings. The normalized spacial score (nSPS) is 13.7. The highest BCUT2D eigenvalue weighted by Gasteiger charge is 2.16. The van der Waals surface area contributed by atoms with Crippen LogP contribution in [0.1, 0.15) is 31.0 Å². The maximum atomic E-state index is 11.7. The summed E-state index contributed by atoms with van der Waals surface area (Å²) in [5.41, 5.74) is 2.46. The molecule has 98 valence electrons. The Morgan fingerprint density at radius 3 is 2.67 bits per heavy atom. The molecule has 2 atom stereocenters. The Morgan fingerprint density at radius 1 is 1.39 bits per heavy atom. The number of rotatable bonds is 6. The van der Waals surface area contributed by atoms with Crippen LogP contribution in [0.2, 0.25) is 0 Å². The number of amides is 1. The molecule has 18 heavy (non-hydrogen) atoms. The third-order valence-corrected chi connectivity index (χ3v) is 2.97. The van der Waals surface area contributed by atoms with Crippen molar-refractivity contribution in [1.82, 2.24) is 10.6 Å². The van der Waals surface area contributed by atoms with Crippen molar-refractivity contribution in [3.8, 4) is 0 Å². The number of aryl methyl sites for hydroxylation is 1. The van der Waals surface area contributed by atoms with Crippen LogP contribution in [-0.2, 0) is 4.79 Å². The minimum atomic E-state index is -0.223. The third kappa shape index (κ3) is 4.00. The summed E-state index contributed by atoms with van der Waals surface area (Å²) >= 11 is 0. The number of carbonyl (C=O) groups is 1. The highest BCUT2D eigenvalue weighted by Crippen LogP contribution is 2.17. The molecule has 3 heteroatoms. The van der Waals surface area contributed by atoms with Crippen molar-refractivity contribution in [2.45, 2.75) is 32.9 Å². The monoisotopic (exact) mass is 246 g/mol. The van der Waals surface area contributed by atoms with Crippen LogP contribution in [0.25, 0.3) is 0 Å². The fourth-order valence-corrected chi connectivity index (χ4v) is 1.94. The molecule has 3 nitrogen and oxygen atoms in total. The van der Waals surface area contributed by atoms with Crippen molar-refractivity contribution in [1.29, 1.82) is 0 Å². The van der Waals surface area contributed by atoms with E-state index in [1.807, 2.05) is 19.1 Å². The lowest BCUT2D eigenvalue weighted by molar-refractivity contribution is -0.122. The Hall–Kier alpha value is -1.61. The second kappa shape index (κ2) is 6.97. The van der Waals surface area contributed by atoms with E-state index in [-0.39, 0.29) is 18.0 Å². The number of benzene rings is 1. The molecule has 1 aromatic rings. The lowest BCUT2D eigenvalue weighted by Crippen LogP contribution is -2.43. The van der Waals surface area contributed by atoms with Crippen LogP contribution in [0.3, 0.4) is 0 Å². The first-order valence-corrected chi connectivity index (χ1v) is 6.26. The lowest BCUT2D eigenvalue weighted by atomic mass is 10.0. The van der Waals surface area contributed by atoms with E-state index in [9.17, 15) is 4.79 Å². The second-order valence-corrected chi connectivity index (χ2v) is 4.50. The number of carbonyl (C=O) groups excluding carboxylic acids is 1. The summed E-state index contributed by atoms with van der Waals surface area (Å²) in [5, 5.41) is 6.08. The van der Waals surface area contributed by atoms with Crippen molar-refractivity contribution in [2.75, 3.05) is 6.54 Å². The maximum Gasteiger partial charge on any atom is 0.237 e. The van der Waals surface area contributed by atoms with Gasteiger partial charge in [-0.3, -0.25) is 10.1 Å². The van der Waals surface area contributed by atoms with Crippen LogP contribution < -0.4 is 10.6 Å². The maximum absolute atomic E-state index is 11.7. The van der Waals surface area contributed by atoms with Gasteiger partial charge in [-0.25, -0.2) is 0 Å². The second-order valence-electron chi connectivity index (χ2n) is 4.50. The standard InChI is InChI=1S/C15H22N2O/c1-5-10-16-15(18)13(4)17-12(3)14-9-7-6-8-11(14)2/h5-9,12-13,17H,1,10H2,2-4H3,(H,16,18). The van der Waals surface area contributed by atoms with Gasteiger partial charge >= 0.3 is 0 Å². The van der Waals surface area contributed by atoms with Crippen molar-refractivity contribution >= 4 is 5.91 Å². The van der Waals surface area contributed by atoms with E-state index in [2.05, 4.69) is 43.2 Å². The molecule has 2 unspecified atom stereocenters. The molecule has 0 saturated carbocycles. The number of hydrogen-bond acceptors (Lipinski definition) is 2. The van der Waals surface area contributed by atoms with E-state index in [4.69, 9.17) is 0 Å². The fourth-order valence-electron chi connectivity index (χ4n) is 1.94. The van der Waals surface area contributed by atoms with Gasteiger partial charge in [-0.1, -0.05) is 30.3 Å². The predicted octanol–water partition coefficient (Wildman–Crippen LogP) is 2.34. The third-order valence-electron chi connectivity index (χ3n) is 2.97. The zero-order valence-electron chi connectivity index (χ0n) is 11.4. The van der Waals surface area contributed by atoms with Crippen molar-refractivity contribution in [3.05, 3.63) is 48.0 Å². The smallest absolute Gasteiger partial charge is 0.237 e. The Labute approximate surface area is 109 Å². The first-order chi connectivity index (χ1) is 8.56. The summed E-state index contributed by atoms with van der Waals surface area (Å²) < 4.78 is 0. The molecule has 1 amide bonds. The summed E-state index contributed by atoms with van der Waals surface area (Å²) in [4.78, 5) is 11.7. The molecular weight excluding hydrogens is 224 g/mol. The first-order valence-electron chi connectivity index (χ1n) is 6.26. The Balaban J connectivity index is 2.59. The summed E-state index contributed by atoms with van der Waals surface area (Å²) in [7, 11) is 0. The Bertz CT molecular complexity index is 415. The van der Waals surface area contributed by atoms with Gasteiger partial charge in [0.2, 0.25) is 5.91 Å². The minimum absolute atomic E-state index is 0.00432. The van der Waals surface area contributed by atoms with Crippen LogP contribution in [0.15, 0.2) is 36.9 Å². The van der Waals surface area contributed by atoms with Gasteiger partial charge in [0.05, 0.1) is 6.04 Å². The number of nitrogens with one attached hydrogen (secondary N) is 2. The summed E-state index contributed by atoms with van der Waals surface area (Å²) in [6.07, 6.45) is 1.68. The molecule has 0 aromatic heterocycles. The van der Waals surface area contributed by atoms with Crippen molar-refractivity contribution in [3.63, 3.8) is 0 Å². The average Bonchev–Trinajstić information content (AvgIpc) is 2.36. The molecule has 0 aliphatic heterocycles. The van der Waals surface area contributed by atoms with E-state index in [0.717, 1.165) is 0 Å². The van der Waals surface area contributed by atoms with Gasteiger partial charge in [0.1, 0.15) is 0 Å². The van der Waals surface area contributed by atoms with Crippen LogP contribution in [0.4, 0.5) is 0 Å². The van der Waals surface area contributed by atoms with E-state index >= 15 is 0 Å². The quantitative estimate of drug-likeness (QED) is 0.756. The molecule has 1 aromatic carbocycles.